The van der Waals surface area contributed by atoms with Crippen LogP contribution in [-0.2, 0) is 6.42 Å². The van der Waals surface area contributed by atoms with Crippen LogP contribution < -0.4 is 10.6 Å². The Kier molecular flexibility index (Phi) is 3.91. The van der Waals surface area contributed by atoms with Gasteiger partial charge in [-0.05, 0) is 36.1 Å². The summed E-state index contributed by atoms with van der Waals surface area (Å²) in [5, 5.41) is 6.44. The van der Waals surface area contributed by atoms with Gasteiger partial charge in [0.25, 0.3) is 5.91 Å². The molecule has 0 unspecified atom stereocenters. The summed E-state index contributed by atoms with van der Waals surface area (Å²) in [5.41, 5.74) is 4.25. The van der Waals surface area contributed by atoms with Crippen LogP contribution in [0.25, 0.3) is 0 Å². The molecule has 0 saturated heterocycles. The highest BCUT2D eigenvalue weighted by molar-refractivity contribution is 5.95. The third-order valence-electron chi connectivity index (χ3n) is 4.00. The number of amides is 1. The number of anilines is 1. The van der Waals surface area contributed by atoms with Gasteiger partial charge in [-0.3, -0.25) is 4.79 Å². The van der Waals surface area contributed by atoms with E-state index in [1.54, 1.807) is 0 Å². The van der Waals surface area contributed by atoms with Gasteiger partial charge in [0.2, 0.25) is 0 Å². The third-order valence-corrected chi connectivity index (χ3v) is 4.00. The smallest absolute Gasteiger partial charge is 0.251 e. The summed E-state index contributed by atoms with van der Waals surface area (Å²) in [6.07, 6.45) is 1.91. The predicted octanol–water partition coefficient (Wildman–Crippen LogP) is 3.54. The number of carbonyl (C=O) groups is 1. The molecule has 3 rings (SSSR count). The van der Waals surface area contributed by atoms with Crippen molar-refractivity contribution in [2.24, 2.45) is 0 Å². The van der Waals surface area contributed by atoms with E-state index >= 15 is 0 Å². The quantitative estimate of drug-likeness (QED) is 0.899. The fourth-order valence-electron chi connectivity index (χ4n) is 2.78. The number of hydrogen-bond acceptors (Lipinski definition) is 2. The van der Waals surface area contributed by atoms with Crippen LogP contribution in [0, 0.1) is 0 Å². The number of nitrogens with one attached hydrogen (secondary N) is 2. The molecule has 3 heteroatoms. The molecule has 3 nitrogen and oxygen atoms in total. The summed E-state index contributed by atoms with van der Waals surface area (Å²) in [7, 11) is 0. The zero-order valence-electron chi connectivity index (χ0n) is 12.2. The summed E-state index contributed by atoms with van der Waals surface area (Å²) in [5.74, 6) is -0.0118. The van der Waals surface area contributed by atoms with E-state index in [0.29, 0.717) is 0 Å². The molecule has 108 valence electrons. The van der Waals surface area contributed by atoms with E-state index in [-0.39, 0.29) is 11.9 Å². The van der Waals surface area contributed by atoms with Gasteiger partial charge in [-0.25, -0.2) is 0 Å². The minimum atomic E-state index is -0.0118. The van der Waals surface area contributed by atoms with Crippen LogP contribution in [0.1, 0.15) is 40.9 Å². The Hall–Kier alpha value is -2.29. The van der Waals surface area contributed by atoms with Gasteiger partial charge in [-0.1, -0.05) is 43.3 Å². The summed E-state index contributed by atoms with van der Waals surface area (Å²) in [6, 6.07) is 16.1. The first kappa shape index (κ1) is 13.7. The van der Waals surface area contributed by atoms with E-state index in [1.165, 1.54) is 5.56 Å². The molecule has 1 aliphatic heterocycles. The summed E-state index contributed by atoms with van der Waals surface area (Å²) in [6.45, 7) is 3.05. The van der Waals surface area contributed by atoms with E-state index in [9.17, 15) is 4.79 Å². The summed E-state index contributed by atoms with van der Waals surface area (Å²) >= 11 is 0. The first-order valence-corrected chi connectivity index (χ1v) is 7.50. The van der Waals surface area contributed by atoms with Crippen molar-refractivity contribution in [1.82, 2.24) is 5.32 Å². The molecular formula is C18H20N2O. The van der Waals surface area contributed by atoms with Crippen molar-refractivity contribution in [3.8, 4) is 0 Å². The molecule has 2 N–H and O–H groups in total. The van der Waals surface area contributed by atoms with Crippen LogP contribution in [0.4, 0.5) is 5.69 Å². The Balaban J connectivity index is 1.76. The molecular weight excluding hydrogens is 260 g/mol. The summed E-state index contributed by atoms with van der Waals surface area (Å²) in [4.78, 5) is 12.4. The standard InChI is InChI=1S/C18H20N2O/c1-2-16(13-6-4-3-5-7-13)20-18(21)15-9-8-14-10-11-19-17(14)12-15/h3-9,12,16,19H,2,10-11H2,1H3,(H,20,21)/t16-/m1/s1. The monoisotopic (exact) mass is 280 g/mol. The van der Waals surface area contributed by atoms with Gasteiger partial charge in [-0.2, -0.15) is 0 Å². The Morgan fingerprint density at radius 1 is 1.24 bits per heavy atom. The zero-order valence-corrected chi connectivity index (χ0v) is 12.2. The van der Waals surface area contributed by atoms with E-state index in [1.807, 2.05) is 36.4 Å². The second-order valence-electron chi connectivity index (χ2n) is 5.39. The minimum Gasteiger partial charge on any atom is -0.384 e. The topological polar surface area (TPSA) is 41.1 Å². The Bertz CT molecular complexity index is 637. The van der Waals surface area contributed by atoms with Gasteiger partial charge < -0.3 is 10.6 Å². The molecule has 1 heterocycles. The average molecular weight is 280 g/mol. The highest BCUT2D eigenvalue weighted by Gasteiger charge is 2.16. The Morgan fingerprint density at radius 3 is 2.81 bits per heavy atom. The zero-order chi connectivity index (χ0) is 14.7. The van der Waals surface area contributed by atoms with Crippen LogP contribution >= 0.6 is 0 Å². The molecule has 0 saturated carbocycles. The van der Waals surface area contributed by atoms with Crippen LogP contribution in [0.15, 0.2) is 48.5 Å². The van der Waals surface area contributed by atoms with Crippen molar-refractivity contribution >= 4 is 11.6 Å². The van der Waals surface area contributed by atoms with Crippen molar-refractivity contribution in [3.63, 3.8) is 0 Å². The van der Waals surface area contributed by atoms with E-state index in [0.717, 1.165) is 36.2 Å². The highest BCUT2D eigenvalue weighted by atomic mass is 16.1. The highest BCUT2D eigenvalue weighted by Crippen LogP contribution is 2.24. The van der Waals surface area contributed by atoms with E-state index in [2.05, 4.69) is 29.7 Å². The van der Waals surface area contributed by atoms with Gasteiger partial charge in [0.1, 0.15) is 0 Å². The van der Waals surface area contributed by atoms with E-state index < -0.39 is 0 Å². The fourth-order valence-corrected chi connectivity index (χ4v) is 2.78. The first-order chi connectivity index (χ1) is 10.3. The van der Waals surface area contributed by atoms with Gasteiger partial charge in [0.15, 0.2) is 0 Å². The SMILES string of the molecule is CC[C@@H](NC(=O)c1ccc2c(c1)NCC2)c1ccccc1. The van der Waals surface area contributed by atoms with Gasteiger partial charge in [0.05, 0.1) is 6.04 Å². The Morgan fingerprint density at radius 2 is 2.05 bits per heavy atom. The largest absolute Gasteiger partial charge is 0.384 e. The number of carbonyl (C=O) groups excluding carboxylic acids is 1. The van der Waals surface area contributed by atoms with Gasteiger partial charge in [0, 0.05) is 17.8 Å². The van der Waals surface area contributed by atoms with Crippen LogP contribution in [-0.4, -0.2) is 12.5 Å². The molecule has 0 radical (unpaired) electrons. The number of hydrogen-bond donors (Lipinski definition) is 2. The minimum absolute atomic E-state index is 0.0118. The van der Waals surface area contributed by atoms with Crippen molar-refractivity contribution in [2.75, 3.05) is 11.9 Å². The maximum atomic E-state index is 12.4. The molecule has 2 aromatic rings. The maximum Gasteiger partial charge on any atom is 0.251 e. The lowest BCUT2D eigenvalue weighted by Gasteiger charge is -2.17. The van der Waals surface area contributed by atoms with Crippen LogP contribution in [0.5, 0.6) is 0 Å². The maximum absolute atomic E-state index is 12.4. The van der Waals surface area contributed by atoms with Gasteiger partial charge in [-0.15, -0.1) is 0 Å². The second kappa shape index (κ2) is 6.00. The van der Waals surface area contributed by atoms with Crippen molar-refractivity contribution < 1.29 is 4.79 Å². The Labute approximate surface area is 125 Å². The lowest BCUT2D eigenvalue weighted by Crippen LogP contribution is -2.28. The predicted molar refractivity (Wildman–Crippen MR) is 85.6 cm³/mol. The molecule has 1 amide bonds. The molecule has 0 bridgehead atoms. The molecule has 1 atom stereocenters. The van der Waals surface area contributed by atoms with E-state index in [4.69, 9.17) is 0 Å². The molecule has 0 fully saturated rings. The normalized spacial score (nSPS) is 14.1. The molecule has 0 aromatic heterocycles. The molecule has 0 aliphatic carbocycles. The lowest BCUT2D eigenvalue weighted by atomic mass is 10.0. The molecule has 1 aliphatic rings. The first-order valence-electron chi connectivity index (χ1n) is 7.50. The van der Waals surface area contributed by atoms with Crippen LogP contribution in [0.3, 0.4) is 0 Å². The van der Waals surface area contributed by atoms with Crippen molar-refractivity contribution in [2.45, 2.75) is 25.8 Å². The molecule has 21 heavy (non-hydrogen) atoms. The number of benzene rings is 2. The molecule has 2 aromatic carbocycles. The lowest BCUT2D eigenvalue weighted by molar-refractivity contribution is 0.0935. The third kappa shape index (κ3) is 2.92. The summed E-state index contributed by atoms with van der Waals surface area (Å²) < 4.78 is 0. The van der Waals surface area contributed by atoms with Crippen LogP contribution in [0.2, 0.25) is 0 Å². The molecule has 0 spiro atoms. The number of rotatable bonds is 4. The van der Waals surface area contributed by atoms with Gasteiger partial charge >= 0.3 is 0 Å². The average Bonchev–Trinajstić information content (AvgIpc) is 3.00. The fraction of sp³-hybridized carbons (Fsp3) is 0.278. The van der Waals surface area contributed by atoms with Crippen molar-refractivity contribution in [3.05, 3.63) is 65.2 Å². The number of fused-ring (bicyclic) bond motifs is 1. The second-order valence-corrected chi connectivity index (χ2v) is 5.39. The van der Waals surface area contributed by atoms with Crippen molar-refractivity contribution in [1.29, 1.82) is 0 Å².